The van der Waals surface area contributed by atoms with Gasteiger partial charge in [0.2, 0.25) is 5.91 Å². The standard InChI is InChI=1S/C11H16N2O3/c1-3-13-5-4-9(7-13)6-10(11(15)16)12-8(2)14/h4-5,7,10H,3,6H2,1-2H3,(H,12,14)(H,15,16). The van der Waals surface area contributed by atoms with E-state index in [1.807, 2.05) is 30.0 Å². The van der Waals surface area contributed by atoms with Crippen molar-refractivity contribution in [3.8, 4) is 0 Å². The van der Waals surface area contributed by atoms with Crippen molar-refractivity contribution < 1.29 is 14.7 Å². The lowest BCUT2D eigenvalue weighted by Gasteiger charge is -2.11. The van der Waals surface area contributed by atoms with Crippen LogP contribution in [0.3, 0.4) is 0 Å². The van der Waals surface area contributed by atoms with E-state index in [-0.39, 0.29) is 5.91 Å². The van der Waals surface area contributed by atoms with Crippen LogP contribution in [0.1, 0.15) is 19.4 Å². The number of amides is 1. The van der Waals surface area contributed by atoms with Crippen molar-refractivity contribution in [2.75, 3.05) is 0 Å². The molecular weight excluding hydrogens is 208 g/mol. The highest BCUT2D eigenvalue weighted by molar-refractivity contribution is 5.82. The zero-order valence-corrected chi connectivity index (χ0v) is 9.43. The van der Waals surface area contributed by atoms with E-state index in [0.29, 0.717) is 6.42 Å². The number of carboxylic acid groups (broad SMARTS) is 1. The highest BCUT2D eigenvalue weighted by Crippen LogP contribution is 2.05. The van der Waals surface area contributed by atoms with Gasteiger partial charge in [0.05, 0.1) is 0 Å². The van der Waals surface area contributed by atoms with E-state index in [0.717, 1.165) is 12.1 Å². The van der Waals surface area contributed by atoms with Crippen LogP contribution in [0.15, 0.2) is 18.5 Å². The molecule has 1 heterocycles. The van der Waals surface area contributed by atoms with E-state index in [2.05, 4.69) is 5.32 Å². The van der Waals surface area contributed by atoms with Gasteiger partial charge in [-0.1, -0.05) is 0 Å². The molecule has 0 spiro atoms. The Morgan fingerprint density at radius 1 is 1.56 bits per heavy atom. The maximum Gasteiger partial charge on any atom is 0.326 e. The van der Waals surface area contributed by atoms with Crippen LogP contribution in [0.5, 0.6) is 0 Å². The Morgan fingerprint density at radius 3 is 2.69 bits per heavy atom. The number of aliphatic carboxylic acids is 1. The molecule has 0 fully saturated rings. The summed E-state index contributed by atoms with van der Waals surface area (Å²) in [5, 5.41) is 11.3. The van der Waals surface area contributed by atoms with Crippen LogP contribution in [0, 0.1) is 0 Å². The number of carboxylic acids is 1. The fourth-order valence-electron chi connectivity index (χ4n) is 1.49. The summed E-state index contributed by atoms with van der Waals surface area (Å²) in [7, 11) is 0. The van der Waals surface area contributed by atoms with Gasteiger partial charge < -0.3 is 15.0 Å². The molecule has 0 aliphatic rings. The number of hydrogen-bond donors (Lipinski definition) is 2. The van der Waals surface area contributed by atoms with Crippen LogP contribution in [-0.2, 0) is 22.6 Å². The second kappa shape index (κ2) is 5.34. The Balaban J connectivity index is 2.67. The van der Waals surface area contributed by atoms with Crippen LogP contribution in [0.25, 0.3) is 0 Å². The summed E-state index contributed by atoms with van der Waals surface area (Å²) in [6, 6.07) is 1.01. The van der Waals surface area contributed by atoms with Crippen LogP contribution >= 0.6 is 0 Å². The molecule has 1 atom stereocenters. The van der Waals surface area contributed by atoms with Crippen molar-refractivity contribution in [3.05, 3.63) is 24.0 Å². The normalized spacial score (nSPS) is 12.1. The Kier molecular flexibility index (Phi) is 4.10. The first-order valence-corrected chi connectivity index (χ1v) is 5.17. The lowest BCUT2D eigenvalue weighted by molar-refractivity contribution is -0.141. The largest absolute Gasteiger partial charge is 0.480 e. The molecular formula is C11H16N2O3. The van der Waals surface area contributed by atoms with E-state index < -0.39 is 12.0 Å². The minimum Gasteiger partial charge on any atom is -0.480 e. The Morgan fingerprint density at radius 2 is 2.25 bits per heavy atom. The molecule has 0 aliphatic carbocycles. The van der Waals surface area contributed by atoms with Crippen LogP contribution in [0.2, 0.25) is 0 Å². The number of nitrogens with one attached hydrogen (secondary N) is 1. The van der Waals surface area contributed by atoms with Gasteiger partial charge in [0.1, 0.15) is 6.04 Å². The Labute approximate surface area is 94.1 Å². The number of nitrogens with zero attached hydrogens (tertiary/aromatic N) is 1. The number of aromatic nitrogens is 1. The van der Waals surface area contributed by atoms with Crippen LogP contribution in [0.4, 0.5) is 0 Å². The van der Waals surface area contributed by atoms with E-state index in [4.69, 9.17) is 5.11 Å². The first kappa shape index (κ1) is 12.3. The van der Waals surface area contributed by atoms with Crippen LogP contribution < -0.4 is 5.32 Å². The summed E-state index contributed by atoms with van der Waals surface area (Å²) >= 11 is 0. The lowest BCUT2D eigenvalue weighted by Crippen LogP contribution is -2.41. The zero-order chi connectivity index (χ0) is 12.1. The smallest absolute Gasteiger partial charge is 0.326 e. The van der Waals surface area contributed by atoms with Crippen molar-refractivity contribution in [1.29, 1.82) is 0 Å². The van der Waals surface area contributed by atoms with E-state index >= 15 is 0 Å². The predicted molar refractivity (Wildman–Crippen MR) is 59.1 cm³/mol. The topological polar surface area (TPSA) is 71.3 Å². The summed E-state index contributed by atoms with van der Waals surface area (Å²) in [6.45, 7) is 4.16. The maximum absolute atomic E-state index is 10.9. The molecule has 1 unspecified atom stereocenters. The number of rotatable bonds is 5. The van der Waals surface area contributed by atoms with Gasteiger partial charge in [-0.2, -0.15) is 0 Å². The molecule has 1 rings (SSSR count). The average Bonchev–Trinajstić information content (AvgIpc) is 2.63. The van der Waals surface area contributed by atoms with Crippen molar-refractivity contribution in [1.82, 2.24) is 9.88 Å². The van der Waals surface area contributed by atoms with Gasteiger partial charge in [0, 0.05) is 32.3 Å². The Bertz CT molecular complexity index is 384. The highest BCUT2D eigenvalue weighted by Gasteiger charge is 2.18. The minimum atomic E-state index is -1.01. The van der Waals surface area contributed by atoms with Gasteiger partial charge in [-0.15, -0.1) is 0 Å². The summed E-state index contributed by atoms with van der Waals surface area (Å²) in [5.41, 5.74) is 0.906. The molecule has 0 radical (unpaired) electrons. The molecule has 0 saturated heterocycles. The van der Waals surface area contributed by atoms with Crippen molar-refractivity contribution in [2.24, 2.45) is 0 Å². The predicted octanol–water partition coefficient (Wildman–Crippen LogP) is 0.640. The third-order valence-corrected chi connectivity index (χ3v) is 2.29. The molecule has 0 aliphatic heterocycles. The Hall–Kier alpha value is -1.78. The molecule has 1 aromatic rings. The monoisotopic (exact) mass is 224 g/mol. The number of aryl methyl sites for hydroxylation is 1. The van der Waals surface area contributed by atoms with Gasteiger partial charge in [-0.05, 0) is 18.6 Å². The molecule has 88 valence electrons. The minimum absolute atomic E-state index is 0.307. The quantitative estimate of drug-likeness (QED) is 0.771. The maximum atomic E-state index is 10.9. The van der Waals surface area contributed by atoms with E-state index in [9.17, 15) is 9.59 Å². The molecule has 2 N–H and O–H groups in total. The number of carbonyl (C=O) groups is 2. The molecule has 0 bridgehead atoms. The van der Waals surface area contributed by atoms with Crippen molar-refractivity contribution in [3.63, 3.8) is 0 Å². The lowest BCUT2D eigenvalue weighted by atomic mass is 10.1. The van der Waals surface area contributed by atoms with Gasteiger partial charge >= 0.3 is 5.97 Å². The second-order valence-corrected chi connectivity index (χ2v) is 3.65. The van der Waals surface area contributed by atoms with Gasteiger partial charge in [0.25, 0.3) is 0 Å². The summed E-state index contributed by atoms with van der Waals surface area (Å²) in [6.07, 6.45) is 4.09. The van der Waals surface area contributed by atoms with E-state index in [1.165, 1.54) is 6.92 Å². The SMILES string of the molecule is CCn1ccc(CC(NC(C)=O)C(=O)O)c1. The van der Waals surface area contributed by atoms with Gasteiger partial charge in [-0.3, -0.25) is 4.79 Å². The molecule has 1 amide bonds. The molecule has 1 aromatic heterocycles. The molecule has 5 nitrogen and oxygen atoms in total. The highest BCUT2D eigenvalue weighted by atomic mass is 16.4. The number of hydrogen-bond acceptors (Lipinski definition) is 2. The summed E-state index contributed by atoms with van der Waals surface area (Å²) in [5.74, 6) is -1.35. The first-order valence-electron chi connectivity index (χ1n) is 5.17. The third kappa shape index (κ3) is 3.42. The molecule has 5 heteroatoms. The average molecular weight is 224 g/mol. The fourth-order valence-corrected chi connectivity index (χ4v) is 1.49. The summed E-state index contributed by atoms with van der Waals surface area (Å²) < 4.78 is 1.96. The fraction of sp³-hybridized carbons (Fsp3) is 0.455. The molecule has 16 heavy (non-hydrogen) atoms. The molecule has 0 aromatic carbocycles. The molecule has 0 saturated carbocycles. The third-order valence-electron chi connectivity index (χ3n) is 2.29. The zero-order valence-electron chi connectivity index (χ0n) is 9.43. The first-order chi connectivity index (χ1) is 7.52. The van der Waals surface area contributed by atoms with Crippen molar-refractivity contribution in [2.45, 2.75) is 32.9 Å². The van der Waals surface area contributed by atoms with Gasteiger partial charge in [0.15, 0.2) is 0 Å². The second-order valence-electron chi connectivity index (χ2n) is 3.65. The van der Waals surface area contributed by atoms with Crippen molar-refractivity contribution >= 4 is 11.9 Å². The van der Waals surface area contributed by atoms with Crippen LogP contribution in [-0.4, -0.2) is 27.6 Å². The summed E-state index contributed by atoms with van der Waals surface area (Å²) in [4.78, 5) is 21.7. The van der Waals surface area contributed by atoms with Gasteiger partial charge in [-0.25, -0.2) is 4.79 Å². The number of carbonyl (C=O) groups excluding carboxylic acids is 1. The van der Waals surface area contributed by atoms with E-state index in [1.54, 1.807) is 0 Å².